The number of nitrogens with zero attached hydrogens (tertiary/aromatic N) is 4. The van der Waals surface area contributed by atoms with Crippen LogP contribution in [0.3, 0.4) is 0 Å². The summed E-state index contributed by atoms with van der Waals surface area (Å²) in [5.74, 6) is 0.842. The first-order valence-electron chi connectivity index (χ1n) is 6.18. The van der Waals surface area contributed by atoms with Crippen LogP contribution in [0.1, 0.15) is 5.56 Å². The Morgan fingerprint density at radius 1 is 0.850 bits per heavy atom. The van der Waals surface area contributed by atoms with Crippen LogP contribution < -0.4 is 0 Å². The van der Waals surface area contributed by atoms with Crippen LogP contribution in [0.15, 0.2) is 66.2 Å². The first-order valence-corrected chi connectivity index (χ1v) is 7.16. The van der Waals surface area contributed by atoms with E-state index in [-0.39, 0.29) is 0 Å². The molecular weight excluding hydrogens is 268 g/mol. The van der Waals surface area contributed by atoms with E-state index in [1.54, 1.807) is 30.4 Å². The molecule has 0 saturated carbocycles. The molecule has 0 unspecified atom stereocenters. The zero-order valence-electron chi connectivity index (χ0n) is 10.7. The third-order valence-electron chi connectivity index (χ3n) is 2.71. The molecule has 0 bridgehead atoms. The molecule has 0 amide bonds. The maximum absolute atomic E-state index is 4.23. The van der Waals surface area contributed by atoms with Gasteiger partial charge in [0.1, 0.15) is 5.03 Å². The molecule has 0 spiro atoms. The van der Waals surface area contributed by atoms with E-state index in [9.17, 15) is 0 Å². The minimum absolute atomic E-state index is 0.837. The van der Waals surface area contributed by atoms with Gasteiger partial charge in [-0.3, -0.25) is 9.97 Å². The van der Waals surface area contributed by atoms with Crippen molar-refractivity contribution in [1.82, 2.24) is 20.2 Å². The molecule has 3 rings (SSSR count). The number of hydrogen-bond acceptors (Lipinski definition) is 5. The van der Waals surface area contributed by atoms with Crippen LogP contribution in [0.4, 0.5) is 0 Å². The van der Waals surface area contributed by atoms with Crippen molar-refractivity contribution in [3.63, 3.8) is 0 Å². The molecule has 0 saturated heterocycles. The average Bonchev–Trinajstić information content (AvgIpc) is 2.55. The van der Waals surface area contributed by atoms with Crippen molar-refractivity contribution in [2.45, 2.75) is 10.8 Å². The lowest BCUT2D eigenvalue weighted by Crippen LogP contribution is -1.90. The molecule has 0 fully saturated rings. The Labute approximate surface area is 121 Å². The van der Waals surface area contributed by atoms with Crippen molar-refractivity contribution in [3.05, 3.63) is 66.7 Å². The van der Waals surface area contributed by atoms with Crippen LogP contribution in [0.5, 0.6) is 0 Å². The molecule has 0 aliphatic carbocycles. The van der Waals surface area contributed by atoms with Crippen molar-refractivity contribution in [2.24, 2.45) is 0 Å². The molecule has 4 nitrogen and oxygen atoms in total. The lowest BCUT2D eigenvalue weighted by Gasteiger charge is -2.02. The Morgan fingerprint density at radius 3 is 2.35 bits per heavy atom. The lowest BCUT2D eigenvalue weighted by atomic mass is 10.2. The quantitative estimate of drug-likeness (QED) is 0.687. The zero-order valence-corrected chi connectivity index (χ0v) is 11.5. The van der Waals surface area contributed by atoms with Crippen molar-refractivity contribution in [2.75, 3.05) is 0 Å². The highest BCUT2D eigenvalue weighted by Gasteiger charge is 2.02. The molecule has 0 radical (unpaired) electrons. The summed E-state index contributed by atoms with van der Waals surface area (Å²) < 4.78 is 0. The van der Waals surface area contributed by atoms with Gasteiger partial charge in [-0.25, -0.2) is 0 Å². The fourth-order valence-electron chi connectivity index (χ4n) is 1.71. The Bertz CT molecular complexity index is 656. The number of aromatic nitrogens is 4. The van der Waals surface area contributed by atoms with Gasteiger partial charge in [0.05, 0.1) is 5.69 Å². The maximum Gasteiger partial charge on any atom is 0.119 e. The second-order valence-corrected chi connectivity index (χ2v) is 5.14. The van der Waals surface area contributed by atoms with Crippen molar-refractivity contribution < 1.29 is 0 Å². The Kier molecular flexibility index (Phi) is 3.99. The Balaban J connectivity index is 1.68. The predicted molar refractivity (Wildman–Crippen MR) is 79.1 cm³/mol. The van der Waals surface area contributed by atoms with E-state index in [0.717, 1.165) is 22.0 Å². The molecule has 0 aliphatic rings. The van der Waals surface area contributed by atoms with E-state index >= 15 is 0 Å². The molecule has 0 aromatic carbocycles. The van der Waals surface area contributed by atoms with E-state index in [0.29, 0.717) is 0 Å². The summed E-state index contributed by atoms with van der Waals surface area (Å²) >= 11 is 1.65. The smallest absolute Gasteiger partial charge is 0.119 e. The van der Waals surface area contributed by atoms with E-state index < -0.39 is 0 Å². The second kappa shape index (κ2) is 6.25. The highest BCUT2D eigenvalue weighted by Crippen LogP contribution is 2.21. The molecule has 3 aromatic heterocycles. The predicted octanol–water partition coefficient (Wildman–Crippen LogP) is 3.23. The van der Waals surface area contributed by atoms with Crippen LogP contribution in [0, 0.1) is 0 Å². The summed E-state index contributed by atoms with van der Waals surface area (Å²) in [7, 11) is 0. The normalized spacial score (nSPS) is 10.4. The molecule has 3 aromatic rings. The Morgan fingerprint density at radius 2 is 1.70 bits per heavy atom. The monoisotopic (exact) mass is 280 g/mol. The molecule has 98 valence electrons. The topological polar surface area (TPSA) is 51.6 Å². The van der Waals surface area contributed by atoms with Gasteiger partial charge >= 0.3 is 0 Å². The van der Waals surface area contributed by atoms with Gasteiger partial charge in [-0.2, -0.15) is 0 Å². The van der Waals surface area contributed by atoms with Crippen molar-refractivity contribution in [1.29, 1.82) is 0 Å². The molecular formula is C15H12N4S. The fourth-order valence-corrected chi connectivity index (χ4v) is 2.45. The summed E-state index contributed by atoms with van der Waals surface area (Å²) in [5.41, 5.74) is 2.99. The largest absolute Gasteiger partial charge is 0.264 e. The summed E-state index contributed by atoms with van der Waals surface area (Å²) in [4.78, 5) is 8.17. The third-order valence-corrected chi connectivity index (χ3v) is 3.70. The SMILES string of the molecule is c1cncc(CSc2ccc(-c3cccnc3)nn2)c1. The van der Waals surface area contributed by atoms with Gasteiger partial charge in [0.25, 0.3) is 0 Å². The third kappa shape index (κ3) is 3.19. The molecule has 0 atom stereocenters. The van der Waals surface area contributed by atoms with E-state index in [4.69, 9.17) is 0 Å². The van der Waals surface area contributed by atoms with Crippen LogP contribution in [-0.2, 0) is 5.75 Å². The molecule has 5 heteroatoms. The van der Waals surface area contributed by atoms with Gasteiger partial charge in [-0.15, -0.1) is 10.2 Å². The zero-order chi connectivity index (χ0) is 13.6. The van der Waals surface area contributed by atoms with Crippen molar-refractivity contribution >= 4 is 11.8 Å². The van der Waals surface area contributed by atoms with Crippen molar-refractivity contribution in [3.8, 4) is 11.3 Å². The fraction of sp³-hybridized carbons (Fsp3) is 0.0667. The second-order valence-electron chi connectivity index (χ2n) is 4.15. The molecule has 3 heterocycles. The molecule has 0 aliphatic heterocycles. The van der Waals surface area contributed by atoms with E-state index in [1.807, 2.05) is 36.5 Å². The Hall–Kier alpha value is -2.27. The minimum atomic E-state index is 0.837. The lowest BCUT2D eigenvalue weighted by molar-refractivity contribution is 0.934. The van der Waals surface area contributed by atoms with E-state index in [1.165, 1.54) is 5.56 Å². The first-order chi connectivity index (χ1) is 9.92. The molecule has 20 heavy (non-hydrogen) atoms. The van der Waals surface area contributed by atoms with Gasteiger partial charge < -0.3 is 0 Å². The van der Waals surface area contributed by atoms with Crippen LogP contribution in [-0.4, -0.2) is 20.2 Å². The van der Waals surface area contributed by atoms with Gasteiger partial charge in [0.15, 0.2) is 0 Å². The highest BCUT2D eigenvalue weighted by atomic mass is 32.2. The summed E-state index contributed by atoms with van der Waals surface area (Å²) in [5, 5.41) is 9.37. The molecule has 0 N–H and O–H groups in total. The van der Waals surface area contributed by atoms with Crippen LogP contribution >= 0.6 is 11.8 Å². The maximum atomic E-state index is 4.23. The standard InChI is InChI=1S/C15H12N4S/c1-3-12(9-16-7-1)11-20-15-6-5-14(18-19-15)13-4-2-8-17-10-13/h1-10H,11H2. The van der Waals surface area contributed by atoms with E-state index in [2.05, 4.69) is 26.2 Å². The number of rotatable bonds is 4. The van der Waals surface area contributed by atoms with Crippen LogP contribution in [0.2, 0.25) is 0 Å². The highest BCUT2D eigenvalue weighted by molar-refractivity contribution is 7.98. The summed E-state index contributed by atoms with van der Waals surface area (Å²) in [6, 6.07) is 11.8. The number of pyridine rings is 2. The van der Waals surface area contributed by atoms with Crippen LogP contribution in [0.25, 0.3) is 11.3 Å². The van der Waals surface area contributed by atoms with Gasteiger partial charge in [0.2, 0.25) is 0 Å². The van der Waals surface area contributed by atoms with Gasteiger partial charge in [0, 0.05) is 36.1 Å². The van der Waals surface area contributed by atoms with Gasteiger partial charge in [-0.1, -0.05) is 17.8 Å². The minimum Gasteiger partial charge on any atom is -0.264 e. The summed E-state index contributed by atoms with van der Waals surface area (Å²) in [6.45, 7) is 0. The summed E-state index contributed by atoms with van der Waals surface area (Å²) in [6.07, 6.45) is 7.17. The van der Waals surface area contributed by atoms with Gasteiger partial charge in [-0.05, 0) is 35.9 Å². The number of hydrogen-bond donors (Lipinski definition) is 0. The average molecular weight is 280 g/mol. The first kappa shape index (κ1) is 12.7. The number of thioether (sulfide) groups is 1.